The first kappa shape index (κ1) is 15.0. The molecule has 3 N–H and O–H groups in total. The summed E-state index contributed by atoms with van der Waals surface area (Å²) >= 11 is 4.77. The zero-order valence-electron chi connectivity index (χ0n) is 10.2. The van der Waals surface area contributed by atoms with Gasteiger partial charge in [-0.05, 0) is 12.1 Å². The van der Waals surface area contributed by atoms with Crippen molar-refractivity contribution in [2.45, 2.75) is 24.3 Å². The maximum atomic E-state index is 14.1. The molecule has 1 aromatic carbocycles. The van der Waals surface area contributed by atoms with Crippen molar-refractivity contribution in [3.8, 4) is 0 Å². The lowest BCUT2D eigenvalue weighted by molar-refractivity contribution is -0.109. The number of hydrogen-bond acceptors (Lipinski definition) is 2. The van der Waals surface area contributed by atoms with Crippen molar-refractivity contribution in [1.29, 1.82) is 0 Å². The Morgan fingerprint density at radius 3 is 2.55 bits per heavy atom. The first-order chi connectivity index (χ1) is 9.23. The normalized spacial score (nSPS) is 25.4. The molecule has 0 radical (unpaired) electrons. The molecule has 0 aromatic heterocycles. The zero-order chi connectivity index (χ0) is 15.1. The minimum atomic E-state index is -3.63. The van der Waals surface area contributed by atoms with E-state index in [0.29, 0.717) is 6.07 Å². The van der Waals surface area contributed by atoms with E-state index in [1.54, 1.807) is 0 Å². The van der Waals surface area contributed by atoms with Crippen LogP contribution in [0.3, 0.4) is 0 Å². The van der Waals surface area contributed by atoms with Crippen LogP contribution in [0.1, 0.15) is 18.4 Å². The third-order valence-corrected chi connectivity index (χ3v) is 3.66. The Hall–Kier alpha value is -1.44. The lowest BCUT2D eigenvalue weighted by Crippen LogP contribution is -2.62. The van der Waals surface area contributed by atoms with E-state index in [4.69, 9.17) is 18.0 Å². The average Bonchev–Trinajstić information content (AvgIpc) is 2.37. The second kappa shape index (κ2) is 4.83. The standard InChI is InChI=1S/C12H11F5N2S/c13-5-11(12(16,17)2-1-9(20)19-11)7-3-6(18)4-8(14)10(7)15/h3-4H,1-2,5,18H2,(H,19,20). The third-order valence-electron chi connectivity index (χ3n) is 3.35. The molecule has 1 fully saturated rings. The highest BCUT2D eigenvalue weighted by molar-refractivity contribution is 7.80. The first-order valence-electron chi connectivity index (χ1n) is 5.73. The number of piperidine rings is 1. The van der Waals surface area contributed by atoms with Gasteiger partial charge in [0.2, 0.25) is 0 Å². The van der Waals surface area contributed by atoms with Crippen molar-refractivity contribution in [2.75, 3.05) is 12.4 Å². The van der Waals surface area contributed by atoms with Crippen molar-refractivity contribution in [3.05, 3.63) is 29.3 Å². The van der Waals surface area contributed by atoms with E-state index >= 15 is 0 Å². The number of alkyl halides is 3. The quantitative estimate of drug-likeness (QED) is 0.501. The van der Waals surface area contributed by atoms with E-state index in [1.165, 1.54) is 0 Å². The van der Waals surface area contributed by atoms with E-state index in [9.17, 15) is 22.0 Å². The van der Waals surface area contributed by atoms with Crippen LogP contribution in [0.4, 0.5) is 27.6 Å². The van der Waals surface area contributed by atoms with E-state index in [2.05, 4.69) is 5.32 Å². The summed E-state index contributed by atoms with van der Waals surface area (Å²) in [6, 6.07) is 1.44. The van der Waals surface area contributed by atoms with Gasteiger partial charge in [0.05, 0.1) is 4.99 Å². The lowest BCUT2D eigenvalue weighted by atomic mass is 9.79. The van der Waals surface area contributed by atoms with Gasteiger partial charge in [0.25, 0.3) is 5.92 Å². The lowest BCUT2D eigenvalue weighted by Gasteiger charge is -2.43. The maximum absolute atomic E-state index is 14.1. The fraction of sp³-hybridized carbons (Fsp3) is 0.417. The van der Waals surface area contributed by atoms with Crippen molar-refractivity contribution in [2.24, 2.45) is 0 Å². The number of halogens is 5. The summed E-state index contributed by atoms with van der Waals surface area (Å²) in [5.41, 5.74) is 1.47. The molecule has 110 valence electrons. The van der Waals surface area contributed by atoms with Crippen LogP contribution in [-0.4, -0.2) is 17.6 Å². The van der Waals surface area contributed by atoms with Gasteiger partial charge in [0, 0.05) is 24.1 Å². The topological polar surface area (TPSA) is 38.0 Å². The molecular formula is C12H11F5N2S. The van der Waals surface area contributed by atoms with Crippen LogP contribution in [0, 0.1) is 11.6 Å². The SMILES string of the molecule is Nc1cc(F)c(F)c(C2(CF)NC(=S)CCC2(F)F)c1. The summed E-state index contributed by atoms with van der Waals surface area (Å²) in [5, 5.41) is 2.13. The number of nitrogens with one attached hydrogen (secondary N) is 1. The summed E-state index contributed by atoms with van der Waals surface area (Å²) in [6.45, 7) is -1.65. The molecule has 0 bridgehead atoms. The van der Waals surface area contributed by atoms with E-state index in [-0.39, 0.29) is 17.1 Å². The van der Waals surface area contributed by atoms with Crippen molar-refractivity contribution in [3.63, 3.8) is 0 Å². The molecule has 0 amide bonds. The highest BCUT2D eigenvalue weighted by atomic mass is 32.1. The average molecular weight is 310 g/mol. The van der Waals surface area contributed by atoms with Gasteiger partial charge in [-0.2, -0.15) is 0 Å². The van der Waals surface area contributed by atoms with Gasteiger partial charge in [-0.15, -0.1) is 0 Å². The molecule has 0 spiro atoms. The zero-order valence-corrected chi connectivity index (χ0v) is 11.0. The number of benzene rings is 1. The number of thiocarbonyl (C=S) groups is 1. The summed E-state index contributed by atoms with van der Waals surface area (Å²) in [5.74, 6) is -6.61. The summed E-state index contributed by atoms with van der Waals surface area (Å²) < 4.78 is 68.9. The van der Waals surface area contributed by atoms with Crippen LogP contribution in [0.15, 0.2) is 12.1 Å². The number of nitrogens with two attached hydrogens (primary N) is 1. The number of hydrogen-bond donors (Lipinski definition) is 2. The molecule has 2 nitrogen and oxygen atoms in total. The van der Waals surface area contributed by atoms with Crippen LogP contribution >= 0.6 is 12.2 Å². The monoisotopic (exact) mass is 310 g/mol. The predicted octanol–water partition coefficient (Wildman–Crippen LogP) is 3.06. The van der Waals surface area contributed by atoms with Gasteiger partial charge in [-0.1, -0.05) is 12.2 Å². The van der Waals surface area contributed by atoms with Crippen molar-refractivity contribution >= 4 is 22.9 Å². The van der Waals surface area contributed by atoms with Gasteiger partial charge >= 0.3 is 0 Å². The summed E-state index contributed by atoms with van der Waals surface area (Å²) in [7, 11) is 0. The van der Waals surface area contributed by atoms with Gasteiger partial charge < -0.3 is 11.1 Å². The Bertz CT molecular complexity index is 563. The predicted molar refractivity (Wildman–Crippen MR) is 68.3 cm³/mol. The Balaban J connectivity index is 2.69. The van der Waals surface area contributed by atoms with Gasteiger partial charge in [0.15, 0.2) is 17.2 Å². The van der Waals surface area contributed by atoms with E-state index < -0.39 is 41.8 Å². The third kappa shape index (κ3) is 2.11. The van der Waals surface area contributed by atoms with Gasteiger partial charge in [-0.25, -0.2) is 22.0 Å². The van der Waals surface area contributed by atoms with Crippen LogP contribution in [0.25, 0.3) is 0 Å². The van der Waals surface area contributed by atoms with Crippen LogP contribution in [0.5, 0.6) is 0 Å². The smallest absolute Gasteiger partial charge is 0.277 e. The Morgan fingerprint density at radius 1 is 1.30 bits per heavy atom. The molecule has 8 heteroatoms. The van der Waals surface area contributed by atoms with Gasteiger partial charge in [-0.3, -0.25) is 0 Å². The molecule has 20 heavy (non-hydrogen) atoms. The molecule has 1 saturated heterocycles. The van der Waals surface area contributed by atoms with Crippen LogP contribution in [0.2, 0.25) is 0 Å². The minimum Gasteiger partial charge on any atom is -0.399 e. The Morgan fingerprint density at radius 2 is 1.95 bits per heavy atom. The molecular weight excluding hydrogens is 299 g/mol. The van der Waals surface area contributed by atoms with Crippen molar-refractivity contribution in [1.82, 2.24) is 5.32 Å². The molecule has 1 unspecified atom stereocenters. The number of rotatable bonds is 2. The van der Waals surface area contributed by atoms with Crippen LogP contribution < -0.4 is 11.1 Å². The summed E-state index contributed by atoms with van der Waals surface area (Å²) in [4.78, 5) is -0.0317. The highest BCUT2D eigenvalue weighted by Crippen LogP contribution is 2.45. The fourth-order valence-electron chi connectivity index (χ4n) is 2.26. The number of nitrogen functional groups attached to an aromatic ring is 1. The molecule has 0 aliphatic carbocycles. The molecule has 1 atom stereocenters. The minimum absolute atomic E-state index is 0.0317. The fourth-order valence-corrected chi connectivity index (χ4v) is 2.54. The molecule has 1 aliphatic heterocycles. The largest absolute Gasteiger partial charge is 0.399 e. The second-order valence-electron chi connectivity index (χ2n) is 4.66. The number of anilines is 1. The summed E-state index contributed by atoms with van der Waals surface area (Å²) in [6.07, 6.45) is -0.908. The van der Waals surface area contributed by atoms with E-state index in [0.717, 1.165) is 6.07 Å². The second-order valence-corrected chi connectivity index (χ2v) is 5.15. The molecule has 0 saturated carbocycles. The van der Waals surface area contributed by atoms with E-state index in [1.807, 2.05) is 0 Å². The maximum Gasteiger partial charge on any atom is 0.277 e. The Labute approximate surface area is 117 Å². The Kier molecular flexibility index (Phi) is 3.62. The highest BCUT2D eigenvalue weighted by Gasteiger charge is 2.59. The van der Waals surface area contributed by atoms with Crippen molar-refractivity contribution < 1.29 is 22.0 Å². The molecule has 2 rings (SSSR count). The molecule has 1 aromatic rings. The van der Waals surface area contributed by atoms with Crippen LogP contribution in [-0.2, 0) is 5.54 Å². The first-order valence-corrected chi connectivity index (χ1v) is 6.14. The van der Waals surface area contributed by atoms with Gasteiger partial charge in [0.1, 0.15) is 6.67 Å². The molecule has 1 aliphatic rings. The molecule has 1 heterocycles.